The Morgan fingerprint density at radius 1 is 1.09 bits per heavy atom. The van der Waals surface area contributed by atoms with Crippen LogP contribution in [0.2, 0.25) is 0 Å². The average molecular weight is 302 g/mol. The molecule has 2 rings (SSSR count). The molecule has 1 N–H and O–H groups in total. The summed E-state index contributed by atoms with van der Waals surface area (Å²) in [6.45, 7) is 5.78. The molecular weight excluding hydrogens is 276 g/mol. The summed E-state index contributed by atoms with van der Waals surface area (Å²) in [6, 6.07) is 8.66. The molecule has 0 radical (unpaired) electrons. The van der Waals surface area contributed by atoms with Crippen molar-refractivity contribution in [2.24, 2.45) is 5.92 Å². The molecule has 4 heteroatoms. The van der Waals surface area contributed by atoms with Gasteiger partial charge < -0.3 is 10.2 Å². The van der Waals surface area contributed by atoms with Gasteiger partial charge in [-0.15, -0.1) is 0 Å². The summed E-state index contributed by atoms with van der Waals surface area (Å²) in [6.07, 6.45) is 3.99. The molecule has 0 bridgehead atoms. The van der Waals surface area contributed by atoms with E-state index >= 15 is 0 Å². The van der Waals surface area contributed by atoms with Crippen LogP contribution in [0.25, 0.3) is 0 Å². The summed E-state index contributed by atoms with van der Waals surface area (Å²) in [5.41, 5.74) is 0.600. The molecule has 0 saturated carbocycles. The van der Waals surface area contributed by atoms with Gasteiger partial charge >= 0.3 is 0 Å². The second-order valence-electron chi connectivity index (χ2n) is 6.41. The summed E-state index contributed by atoms with van der Waals surface area (Å²) < 4.78 is 0. The van der Waals surface area contributed by atoms with E-state index in [1.165, 1.54) is 6.42 Å². The van der Waals surface area contributed by atoms with Gasteiger partial charge in [-0.1, -0.05) is 32.0 Å². The van der Waals surface area contributed by atoms with Crippen LogP contribution in [0.5, 0.6) is 0 Å². The minimum atomic E-state index is -0.425. The standard InChI is InChI=1S/C18H26N2O2/c1-14(2)13-16(18(22)20-11-7-4-8-12-20)19-17(21)15-9-5-3-6-10-15/h3,5-6,9-10,14,16H,4,7-8,11-13H2,1-2H3,(H,19,21)/t16-/m0/s1. The van der Waals surface area contributed by atoms with Crippen molar-refractivity contribution in [2.45, 2.75) is 45.6 Å². The van der Waals surface area contributed by atoms with Crippen LogP contribution in [0.3, 0.4) is 0 Å². The van der Waals surface area contributed by atoms with E-state index in [0.717, 1.165) is 25.9 Å². The van der Waals surface area contributed by atoms with Gasteiger partial charge in [0.2, 0.25) is 5.91 Å². The van der Waals surface area contributed by atoms with Crippen LogP contribution in [-0.2, 0) is 4.79 Å². The Morgan fingerprint density at radius 3 is 2.32 bits per heavy atom. The number of amides is 2. The van der Waals surface area contributed by atoms with Gasteiger partial charge in [-0.05, 0) is 43.7 Å². The zero-order valence-electron chi connectivity index (χ0n) is 13.5. The molecule has 0 aliphatic carbocycles. The molecule has 1 atom stereocenters. The minimum absolute atomic E-state index is 0.0673. The molecule has 0 unspecified atom stereocenters. The Hall–Kier alpha value is -1.84. The van der Waals surface area contributed by atoms with E-state index in [9.17, 15) is 9.59 Å². The highest BCUT2D eigenvalue weighted by Gasteiger charge is 2.27. The maximum Gasteiger partial charge on any atom is 0.251 e. The predicted molar refractivity (Wildman–Crippen MR) is 87.6 cm³/mol. The smallest absolute Gasteiger partial charge is 0.251 e. The Labute approximate surface area is 132 Å². The Morgan fingerprint density at radius 2 is 1.73 bits per heavy atom. The lowest BCUT2D eigenvalue weighted by atomic mass is 10.0. The van der Waals surface area contributed by atoms with Crippen LogP contribution < -0.4 is 5.32 Å². The van der Waals surface area contributed by atoms with Crippen molar-refractivity contribution in [3.8, 4) is 0 Å². The summed E-state index contributed by atoms with van der Waals surface area (Å²) in [5.74, 6) is 0.254. The van der Waals surface area contributed by atoms with Crippen molar-refractivity contribution in [1.82, 2.24) is 10.2 Å². The van der Waals surface area contributed by atoms with Crippen molar-refractivity contribution in [2.75, 3.05) is 13.1 Å². The molecule has 0 aromatic heterocycles. The van der Waals surface area contributed by atoms with Crippen molar-refractivity contribution in [3.05, 3.63) is 35.9 Å². The Kier molecular flexibility index (Phi) is 5.99. The average Bonchev–Trinajstić information content (AvgIpc) is 2.54. The Balaban J connectivity index is 2.05. The van der Waals surface area contributed by atoms with Crippen LogP contribution in [-0.4, -0.2) is 35.8 Å². The number of hydrogen-bond donors (Lipinski definition) is 1. The number of benzene rings is 1. The minimum Gasteiger partial charge on any atom is -0.341 e. The largest absolute Gasteiger partial charge is 0.341 e. The highest BCUT2D eigenvalue weighted by molar-refractivity contribution is 5.97. The summed E-state index contributed by atoms with van der Waals surface area (Å²) in [5, 5.41) is 2.93. The molecule has 22 heavy (non-hydrogen) atoms. The van der Waals surface area contributed by atoms with E-state index < -0.39 is 6.04 Å². The van der Waals surface area contributed by atoms with Gasteiger partial charge in [0.15, 0.2) is 0 Å². The second-order valence-corrected chi connectivity index (χ2v) is 6.41. The van der Waals surface area contributed by atoms with Crippen molar-refractivity contribution in [3.63, 3.8) is 0 Å². The summed E-state index contributed by atoms with van der Waals surface area (Å²) in [4.78, 5) is 27.0. The lowest BCUT2D eigenvalue weighted by Gasteiger charge is -2.31. The van der Waals surface area contributed by atoms with Gasteiger partial charge in [0, 0.05) is 18.7 Å². The zero-order valence-corrected chi connectivity index (χ0v) is 13.5. The molecule has 1 aromatic rings. The fourth-order valence-electron chi connectivity index (χ4n) is 2.86. The van der Waals surface area contributed by atoms with Crippen molar-refractivity contribution in [1.29, 1.82) is 0 Å². The van der Waals surface area contributed by atoms with Gasteiger partial charge in [-0.2, -0.15) is 0 Å². The molecule has 120 valence electrons. The summed E-state index contributed by atoms with van der Waals surface area (Å²) >= 11 is 0. The van der Waals surface area contributed by atoms with Crippen LogP contribution in [0.15, 0.2) is 30.3 Å². The van der Waals surface area contributed by atoms with Gasteiger partial charge in [0.25, 0.3) is 5.91 Å². The monoisotopic (exact) mass is 302 g/mol. The molecule has 1 aromatic carbocycles. The number of carbonyl (C=O) groups excluding carboxylic acids is 2. The number of carbonyl (C=O) groups is 2. The van der Waals surface area contributed by atoms with Crippen LogP contribution in [0.1, 0.15) is 49.9 Å². The molecule has 1 fully saturated rings. The number of likely N-dealkylation sites (tertiary alicyclic amines) is 1. The normalized spacial score (nSPS) is 16.4. The van der Waals surface area contributed by atoms with Gasteiger partial charge in [-0.25, -0.2) is 0 Å². The number of rotatable bonds is 5. The van der Waals surface area contributed by atoms with E-state index in [2.05, 4.69) is 19.2 Å². The third-order valence-corrected chi connectivity index (χ3v) is 4.01. The maximum atomic E-state index is 12.7. The maximum absolute atomic E-state index is 12.7. The molecular formula is C18H26N2O2. The zero-order chi connectivity index (χ0) is 15.9. The first-order valence-corrected chi connectivity index (χ1v) is 8.22. The number of hydrogen-bond acceptors (Lipinski definition) is 2. The number of piperidine rings is 1. The molecule has 4 nitrogen and oxygen atoms in total. The Bertz CT molecular complexity index is 493. The topological polar surface area (TPSA) is 49.4 Å². The van der Waals surface area contributed by atoms with Crippen molar-refractivity contribution < 1.29 is 9.59 Å². The molecule has 2 amide bonds. The number of nitrogens with zero attached hydrogens (tertiary/aromatic N) is 1. The van der Waals surface area contributed by atoms with Crippen molar-refractivity contribution >= 4 is 11.8 Å². The first-order chi connectivity index (χ1) is 10.6. The predicted octanol–water partition coefficient (Wildman–Crippen LogP) is 2.84. The molecule has 1 saturated heterocycles. The molecule has 1 aliphatic heterocycles. The van der Waals surface area contributed by atoms with E-state index in [4.69, 9.17) is 0 Å². The second kappa shape index (κ2) is 7.97. The highest BCUT2D eigenvalue weighted by atomic mass is 16.2. The van der Waals surface area contributed by atoms with E-state index in [1.807, 2.05) is 23.1 Å². The lowest BCUT2D eigenvalue weighted by molar-refractivity contribution is -0.134. The number of nitrogens with one attached hydrogen (secondary N) is 1. The third-order valence-electron chi connectivity index (χ3n) is 4.01. The van der Waals surface area contributed by atoms with Gasteiger partial charge in [0.05, 0.1) is 0 Å². The van der Waals surface area contributed by atoms with E-state index in [0.29, 0.717) is 17.9 Å². The first kappa shape index (κ1) is 16.5. The molecule has 1 heterocycles. The first-order valence-electron chi connectivity index (χ1n) is 8.22. The fraction of sp³-hybridized carbons (Fsp3) is 0.556. The quantitative estimate of drug-likeness (QED) is 0.909. The molecule has 0 spiro atoms. The van der Waals surface area contributed by atoms with Crippen LogP contribution >= 0.6 is 0 Å². The SMILES string of the molecule is CC(C)C[C@H](NC(=O)c1ccccc1)C(=O)N1CCCCC1. The third kappa shape index (κ3) is 4.58. The molecule has 1 aliphatic rings. The van der Waals surface area contributed by atoms with Gasteiger partial charge in [0.1, 0.15) is 6.04 Å². The highest BCUT2D eigenvalue weighted by Crippen LogP contribution is 2.14. The van der Waals surface area contributed by atoms with E-state index in [1.54, 1.807) is 12.1 Å². The summed E-state index contributed by atoms with van der Waals surface area (Å²) in [7, 11) is 0. The van der Waals surface area contributed by atoms with Gasteiger partial charge in [-0.3, -0.25) is 9.59 Å². The fourth-order valence-corrected chi connectivity index (χ4v) is 2.86. The van der Waals surface area contributed by atoms with E-state index in [-0.39, 0.29) is 11.8 Å². The van der Waals surface area contributed by atoms with Crippen LogP contribution in [0.4, 0.5) is 0 Å². The lowest BCUT2D eigenvalue weighted by Crippen LogP contribution is -2.50. The van der Waals surface area contributed by atoms with Crippen LogP contribution in [0, 0.1) is 5.92 Å².